The lowest BCUT2D eigenvalue weighted by Gasteiger charge is -2.19. The lowest BCUT2D eigenvalue weighted by atomic mass is 9.92. The van der Waals surface area contributed by atoms with E-state index in [1.54, 1.807) is 0 Å². The molecule has 1 aromatic rings. The van der Waals surface area contributed by atoms with E-state index in [0.29, 0.717) is 0 Å². The molecule has 2 N–H and O–H groups in total. The van der Waals surface area contributed by atoms with Crippen molar-refractivity contribution in [1.29, 1.82) is 0 Å². The van der Waals surface area contributed by atoms with Crippen molar-refractivity contribution in [2.45, 2.75) is 18.0 Å². The highest BCUT2D eigenvalue weighted by Crippen LogP contribution is 2.29. The highest BCUT2D eigenvalue weighted by Gasteiger charge is 2.37. The number of alkyl halides is 1. The first kappa shape index (κ1) is 10.6. The van der Waals surface area contributed by atoms with E-state index < -0.39 is 0 Å². The zero-order chi connectivity index (χ0) is 10.8. The zero-order valence-corrected chi connectivity index (χ0v) is 8.94. The average molecular weight is 208 g/mol. The molecule has 0 spiro atoms. The van der Waals surface area contributed by atoms with Crippen molar-refractivity contribution in [3.63, 3.8) is 0 Å². The predicted molar refractivity (Wildman–Crippen MR) is 59.6 cm³/mol. The molecule has 0 radical (unpaired) electrons. The maximum atomic E-state index is 12.8. The van der Waals surface area contributed by atoms with Crippen LogP contribution in [0, 0.1) is 0 Å². The molecule has 1 aliphatic rings. The minimum absolute atomic E-state index is 0.0950. The lowest BCUT2D eigenvalue weighted by Crippen LogP contribution is -2.40. The Bertz CT molecular complexity index is 315. The summed E-state index contributed by atoms with van der Waals surface area (Å²) in [6.45, 7) is 0.487. The van der Waals surface area contributed by atoms with Gasteiger partial charge in [-0.3, -0.25) is 4.90 Å². The third-order valence-corrected chi connectivity index (χ3v) is 3.35. The second-order valence-corrected chi connectivity index (χ2v) is 4.26. The Hall–Kier alpha value is -0.930. The molecule has 1 aromatic carbocycles. The van der Waals surface area contributed by atoms with Crippen molar-refractivity contribution < 1.29 is 4.39 Å². The molecule has 2 rings (SSSR count). The van der Waals surface area contributed by atoms with Gasteiger partial charge in [0, 0.05) is 18.5 Å². The van der Waals surface area contributed by atoms with Gasteiger partial charge >= 0.3 is 0 Å². The second-order valence-electron chi connectivity index (χ2n) is 4.26. The van der Waals surface area contributed by atoms with Crippen LogP contribution in [0.2, 0.25) is 0 Å². The largest absolute Gasteiger partial charge is 0.326 e. The standard InChI is InChI=1S/C12H17FN2/c1-15-8-10(12(14)11(15)7-13)9-5-3-2-4-6-9/h2-6,10-12H,7-8,14H2,1H3. The molecule has 82 valence electrons. The molecule has 3 unspecified atom stereocenters. The van der Waals surface area contributed by atoms with Gasteiger partial charge < -0.3 is 5.73 Å². The summed E-state index contributed by atoms with van der Waals surface area (Å²) in [6.07, 6.45) is 0. The number of hydrogen-bond acceptors (Lipinski definition) is 2. The quantitative estimate of drug-likeness (QED) is 0.795. The van der Waals surface area contributed by atoms with E-state index in [0.717, 1.165) is 6.54 Å². The van der Waals surface area contributed by atoms with E-state index in [1.165, 1.54) is 5.56 Å². The van der Waals surface area contributed by atoms with E-state index in [4.69, 9.17) is 5.73 Å². The summed E-state index contributed by atoms with van der Waals surface area (Å²) in [5, 5.41) is 0. The molecule has 0 saturated carbocycles. The van der Waals surface area contributed by atoms with Crippen LogP contribution in [0.3, 0.4) is 0 Å². The maximum Gasteiger partial charge on any atom is 0.106 e. The van der Waals surface area contributed by atoms with Crippen molar-refractivity contribution in [3.05, 3.63) is 35.9 Å². The highest BCUT2D eigenvalue weighted by atomic mass is 19.1. The van der Waals surface area contributed by atoms with E-state index in [-0.39, 0.29) is 24.7 Å². The number of likely N-dealkylation sites (tertiary alicyclic amines) is 1. The van der Waals surface area contributed by atoms with Gasteiger partial charge in [0.25, 0.3) is 0 Å². The number of likely N-dealkylation sites (N-methyl/N-ethyl adjacent to an activating group) is 1. The van der Waals surface area contributed by atoms with Gasteiger partial charge in [0.15, 0.2) is 0 Å². The number of benzene rings is 1. The first-order valence-corrected chi connectivity index (χ1v) is 5.30. The lowest BCUT2D eigenvalue weighted by molar-refractivity contribution is 0.243. The molecule has 2 nitrogen and oxygen atoms in total. The molecule has 1 fully saturated rings. The van der Waals surface area contributed by atoms with Crippen LogP contribution in [0.1, 0.15) is 11.5 Å². The first-order valence-electron chi connectivity index (χ1n) is 5.30. The maximum absolute atomic E-state index is 12.8. The van der Waals surface area contributed by atoms with Gasteiger partial charge in [-0.2, -0.15) is 0 Å². The van der Waals surface area contributed by atoms with Crippen LogP contribution in [-0.2, 0) is 0 Å². The van der Waals surface area contributed by atoms with Crippen LogP contribution in [0.25, 0.3) is 0 Å². The van der Waals surface area contributed by atoms with Gasteiger partial charge in [0.05, 0.1) is 6.04 Å². The number of halogens is 1. The molecular formula is C12H17FN2. The third-order valence-electron chi connectivity index (χ3n) is 3.35. The Morgan fingerprint density at radius 2 is 2.07 bits per heavy atom. The molecular weight excluding hydrogens is 191 g/mol. The Balaban J connectivity index is 2.19. The summed E-state index contributed by atoms with van der Waals surface area (Å²) in [4.78, 5) is 2.02. The molecule has 15 heavy (non-hydrogen) atoms. The molecule has 0 amide bonds. The van der Waals surface area contributed by atoms with Crippen LogP contribution in [0.5, 0.6) is 0 Å². The summed E-state index contributed by atoms with van der Waals surface area (Å²) in [7, 11) is 1.94. The van der Waals surface area contributed by atoms with Crippen molar-refractivity contribution in [2.24, 2.45) is 5.73 Å². The Morgan fingerprint density at radius 1 is 1.40 bits per heavy atom. The molecule has 1 aliphatic heterocycles. The van der Waals surface area contributed by atoms with Crippen molar-refractivity contribution in [3.8, 4) is 0 Å². The van der Waals surface area contributed by atoms with E-state index in [1.807, 2.05) is 30.1 Å². The molecule has 0 aliphatic carbocycles. The van der Waals surface area contributed by atoms with Gasteiger partial charge in [-0.25, -0.2) is 4.39 Å². The fraction of sp³-hybridized carbons (Fsp3) is 0.500. The van der Waals surface area contributed by atoms with E-state index in [9.17, 15) is 4.39 Å². The summed E-state index contributed by atoms with van der Waals surface area (Å²) < 4.78 is 12.8. The third kappa shape index (κ3) is 1.90. The van der Waals surface area contributed by atoms with Gasteiger partial charge in [0.2, 0.25) is 0 Å². The molecule has 1 heterocycles. The fourth-order valence-corrected chi connectivity index (χ4v) is 2.38. The van der Waals surface area contributed by atoms with Gasteiger partial charge in [-0.1, -0.05) is 30.3 Å². The summed E-state index contributed by atoms with van der Waals surface area (Å²) in [6, 6.07) is 9.91. The predicted octanol–water partition coefficient (Wildman–Crippen LogP) is 1.38. The zero-order valence-electron chi connectivity index (χ0n) is 8.94. The van der Waals surface area contributed by atoms with Gasteiger partial charge in [-0.15, -0.1) is 0 Å². The van der Waals surface area contributed by atoms with Crippen LogP contribution < -0.4 is 5.73 Å². The first-order chi connectivity index (χ1) is 7.24. The van der Waals surface area contributed by atoms with E-state index >= 15 is 0 Å². The number of nitrogens with two attached hydrogens (primary N) is 1. The normalized spacial score (nSPS) is 32.1. The van der Waals surface area contributed by atoms with Gasteiger partial charge in [-0.05, 0) is 12.6 Å². The van der Waals surface area contributed by atoms with Crippen molar-refractivity contribution in [2.75, 3.05) is 20.3 Å². The molecule has 3 heteroatoms. The molecule has 0 aromatic heterocycles. The topological polar surface area (TPSA) is 29.3 Å². The number of nitrogens with zero attached hydrogens (tertiary/aromatic N) is 1. The summed E-state index contributed by atoms with van der Waals surface area (Å²) in [5.74, 6) is 0.261. The number of rotatable bonds is 2. The van der Waals surface area contributed by atoms with Gasteiger partial charge in [0.1, 0.15) is 6.67 Å². The van der Waals surface area contributed by atoms with Crippen LogP contribution in [-0.4, -0.2) is 37.3 Å². The van der Waals surface area contributed by atoms with Crippen molar-refractivity contribution >= 4 is 0 Å². The monoisotopic (exact) mass is 208 g/mol. The average Bonchev–Trinajstić information content (AvgIpc) is 2.55. The summed E-state index contributed by atoms with van der Waals surface area (Å²) >= 11 is 0. The molecule has 1 saturated heterocycles. The summed E-state index contributed by atoms with van der Waals surface area (Å²) in [5.41, 5.74) is 7.29. The minimum atomic E-state index is -0.360. The Kier molecular flexibility index (Phi) is 3.03. The van der Waals surface area contributed by atoms with Crippen LogP contribution >= 0.6 is 0 Å². The van der Waals surface area contributed by atoms with Crippen molar-refractivity contribution in [1.82, 2.24) is 4.90 Å². The molecule has 0 bridgehead atoms. The van der Waals surface area contributed by atoms with Crippen LogP contribution in [0.4, 0.5) is 4.39 Å². The smallest absolute Gasteiger partial charge is 0.106 e. The SMILES string of the molecule is CN1CC(c2ccccc2)C(N)C1CF. The Labute approximate surface area is 89.9 Å². The van der Waals surface area contributed by atoms with Crippen LogP contribution in [0.15, 0.2) is 30.3 Å². The van der Waals surface area contributed by atoms with E-state index in [2.05, 4.69) is 12.1 Å². The number of hydrogen-bond donors (Lipinski definition) is 1. The minimum Gasteiger partial charge on any atom is -0.326 e. The fourth-order valence-electron chi connectivity index (χ4n) is 2.38. The Morgan fingerprint density at radius 3 is 2.60 bits per heavy atom. The molecule has 3 atom stereocenters. The highest BCUT2D eigenvalue weighted by molar-refractivity contribution is 5.24. The second kappa shape index (κ2) is 4.29.